The lowest BCUT2D eigenvalue weighted by molar-refractivity contribution is -0.00683. The average Bonchev–Trinajstić information content (AvgIpc) is 2.32. The molecule has 0 aromatic rings. The number of carbonyl (C=O) groups excluding carboxylic acids is 1. The van der Waals surface area contributed by atoms with E-state index >= 15 is 0 Å². The molecule has 1 saturated heterocycles. The van der Waals surface area contributed by atoms with Gasteiger partial charge in [-0.2, -0.15) is 0 Å². The van der Waals surface area contributed by atoms with Crippen molar-refractivity contribution in [2.75, 3.05) is 13.7 Å². The third-order valence-electron chi connectivity index (χ3n) is 4.49. The Hall–Kier alpha value is -0.810. The molecule has 2 atom stereocenters. The lowest BCUT2D eigenvalue weighted by atomic mass is 9.86. The van der Waals surface area contributed by atoms with Crippen LogP contribution in [0.3, 0.4) is 0 Å². The summed E-state index contributed by atoms with van der Waals surface area (Å²) in [4.78, 5) is 14.2. The summed E-state index contributed by atoms with van der Waals surface area (Å²) in [5.74, 6) is 0. The van der Waals surface area contributed by atoms with Crippen molar-refractivity contribution in [2.45, 2.75) is 83.2 Å². The number of piperidine rings is 1. The second-order valence-electron chi connectivity index (χ2n) is 7.36. The van der Waals surface area contributed by atoms with Gasteiger partial charge in [0, 0.05) is 31.8 Å². The van der Waals surface area contributed by atoms with Crippen molar-refractivity contribution in [2.24, 2.45) is 0 Å². The molecule has 2 fully saturated rings. The Morgan fingerprint density at radius 2 is 1.95 bits per heavy atom. The zero-order valence-corrected chi connectivity index (χ0v) is 14.0. The van der Waals surface area contributed by atoms with Crippen LogP contribution < -0.4 is 5.32 Å². The highest BCUT2D eigenvalue weighted by Crippen LogP contribution is 2.26. The summed E-state index contributed by atoms with van der Waals surface area (Å²) in [6.45, 7) is 8.64. The van der Waals surface area contributed by atoms with E-state index in [-0.39, 0.29) is 12.1 Å². The number of carbonyl (C=O) groups is 1. The number of ether oxygens (including phenoxy) is 2. The van der Waals surface area contributed by atoms with E-state index in [4.69, 9.17) is 9.47 Å². The predicted molar refractivity (Wildman–Crippen MR) is 82.4 cm³/mol. The molecule has 2 unspecified atom stereocenters. The van der Waals surface area contributed by atoms with Gasteiger partial charge in [-0.3, -0.25) is 0 Å². The first-order valence-electron chi connectivity index (χ1n) is 8.08. The highest BCUT2D eigenvalue weighted by molar-refractivity contribution is 5.68. The minimum atomic E-state index is -0.434. The lowest BCUT2D eigenvalue weighted by Gasteiger charge is -2.44. The van der Waals surface area contributed by atoms with Crippen LogP contribution in [0.4, 0.5) is 4.79 Å². The van der Waals surface area contributed by atoms with E-state index in [9.17, 15) is 4.79 Å². The first-order chi connectivity index (χ1) is 9.80. The highest BCUT2D eigenvalue weighted by atomic mass is 16.6. The Balaban J connectivity index is 1.86. The van der Waals surface area contributed by atoms with Crippen LogP contribution in [0.25, 0.3) is 0 Å². The summed E-state index contributed by atoms with van der Waals surface area (Å²) < 4.78 is 10.8. The van der Waals surface area contributed by atoms with Crippen molar-refractivity contribution in [3.8, 4) is 0 Å². The zero-order valence-electron chi connectivity index (χ0n) is 14.0. The van der Waals surface area contributed by atoms with Gasteiger partial charge in [-0.05, 0) is 53.4 Å². The Labute approximate surface area is 128 Å². The van der Waals surface area contributed by atoms with Gasteiger partial charge in [0.15, 0.2) is 0 Å². The van der Waals surface area contributed by atoms with E-state index in [2.05, 4.69) is 12.2 Å². The number of hydrogen-bond donors (Lipinski definition) is 1. The lowest BCUT2D eigenvalue weighted by Crippen LogP contribution is -2.59. The zero-order chi connectivity index (χ0) is 15.6. The third kappa shape index (κ3) is 4.33. The molecule has 1 amide bonds. The van der Waals surface area contributed by atoms with Gasteiger partial charge in [0.05, 0.1) is 6.10 Å². The molecule has 0 radical (unpaired) electrons. The molecule has 2 aliphatic rings. The molecule has 1 N–H and O–H groups in total. The minimum absolute atomic E-state index is 0.176. The molecular formula is C16H30N2O3. The molecule has 2 rings (SSSR count). The molecule has 1 aliphatic heterocycles. The van der Waals surface area contributed by atoms with E-state index in [1.54, 1.807) is 7.11 Å². The Kier molecular flexibility index (Phi) is 5.15. The predicted octanol–water partition coefficient (Wildman–Crippen LogP) is 2.54. The molecular weight excluding hydrogens is 268 g/mol. The van der Waals surface area contributed by atoms with Crippen LogP contribution in [0.5, 0.6) is 0 Å². The summed E-state index contributed by atoms with van der Waals surface area (Å²) in [6.07, 6.45) is 4.52. The van der Waals surface area contributed by atoms with Gasteiger partial charge in [-0.15, -0.1) is 0 Å². The summed E-state index contributed by atoms with van der Waals surface area (Å²) in [7, 11) is 1.77. The fourth-order valence-electron chi connectivity index (χ4n) is 3.14. The molecule has 1 saturated carbocycles. The van der Waals surface area contributed by atoms with Gasteiger partial charge in [-0.1, -0.05) is 0 Å². The van der Waals surface area contributed by atoms with Gasteiger partial charge in [0.1, 0.15) is 5.60 Å². The van der Waals surface area contributed by atoms with Crippen LogP contribution in [0.15, 0.2) is 0 Å². The Morgan fingerprint density at radius 3 is 2.52 bits per heavy atom. The maximum Gasteiger partial charge on any atom is 0.410 e. The molecule has 1 aliphatic carbocycles. The summed E-state index contributed by atoms with van der Waals surface area (Å²) in [5, 5.41) is 3.69. The molecule has 0 aromatic heterocycles. The van der Waals surface area contributed by atoms with Gasteiger partial charge in [0.25, 0.3) is 0 Å². The van der Waals surface area contributed by atoms with Gasteiger partial charge in [0.2, 0.25) is 0 Å². The monoisotopic (exact) mass is 298 g/mol. The van der Waals surface area contributed by atoms with E-state index < -0.39 is 5.60 Å². The van der Waals surface area contributed by atoms with Crippen molar-refractivity contribution < 1.29 is 14.3 Å². The molecule has 5 nitrogen and oxygen atoms in total. The van der Waals surface area contributed by atoms with Crippen molar-refractivity contribution in [3.63, 3.8) is 0 Å². The van der Waals surface area contributed by atoms with E-state index in [1.807, 2.05) is 25.7 Å². The van der Waals surface area contributed by atoms with Crippen LogP contribution in [0.1, 0.15) is 53.4 Å². The number of methoxy groups -OCH3 is 1. The average molecular weight is 298 g/mol. The quantitative estimate of drug-likeness (QED) is 0.870. The number of amides is 1. The number of rotatable bonds is 3. The molecule has 0 aromatic carbocycles. The number of nitrogens with zero attached hydrogens (tertiary/aromatic N) is 1. The van der Waals surface area contributed by atoms with E-state index in [0.29, 0.717) is 18.2 Å². The van der Waals surface area contributed by atoms with E-state index in [0.717, 1.165) is 32.2 Å². The fraction of sp³-hybridized carbons (Fsp3) is 0.938. The molecule has 1 heterocycles. The maximum atomic E-state index is 12.3. The van der Waals surface area contributed by atoms with Crippen LogP contribution in [0.2, 0.25) is 0 Å². The topological polar surface area (TPSA) is 50.8 Å². The smallest absolute Gasteiger partial charge is 0.410 e. The molecule has 122 valence electrons. The van der Waals surface area contributed by atoms with Crippen molar-refractivity contribution in [1.82, 2.24) is 10.2 Å². The Bertz CT molecular complexity index is 361. The highest BCUT2D eigenvalue weighted by Gasteiger charge is 2.37. The van der Waals surface area contributed by atoms with Crippen LogP contribution >= 0.6 is 0 Å². The fourth-order valence-corrected chi connectivity index (χ4v) is 3.14. The Morgan fingerprint density at radius 1 is 1.29 bits per heavy atom. The van der Waals surface area contributed by atoms with Crippen molar-refractivity contribution in [1.29, 1.82) is 0 Å². The normalized spacial score (nSPS) is 33.5. The number of likely N-dealkylation sites (tertiary alicyclic amines) is 1. The summed E-state index contributed by atoms with van der Waals surface area (Å²) in [5.41, 5.74) is -0.434. The van der Waals surface area contributed by atoms with Gasteiger partial charge in [-0.25, -0.2) is 4.79 Å². The van der Waals surface area contributed by atoms with Crippen molar-refractivity contribution in [3.05, 3.63) is 0 Å². The summed E-state index contributed by atoms with van der Waals surface area (Å²) >= 11 is 0. The first-order valence-corrected chi connectivity index (χ1v) is 8.08. The molecule has 0 bridgehead atoms. The van der Waals surface area contributed by atoms with Gasteiger partial charge < -0.3 is 19.7 Å². The summed E-state index contributed by atoms with van der Waals surface area (Å²) in [6, 6.07) is 1.06. The first kappa shape index (κ1) is 16.6. The minimum Gasteiger partial charge on any atom is -0.444 e. The SMILES string of the molecule is COC1CC(NC2CCCN(C(=O)OC(C)(C)C)C2C)C1. The third-order valence-corrected chi connectivity index (χ3v) is 4.49. The van der Waals surface area contributed by atoms with Gasteiger partial charge >= 0.3 is 6.09 Å². The number of hydrogen-bond acceptors (Lipinski definition) is 4. The molecule has 0 spiro atoms. The van der Waals surface area contributed by atoms with Crippen LogP contribution in [-0.4, -0.2) is 54.5 Å². The standard InChI is InChI=1S/C16H30N2O3/c1-11-14(17-12-9-13(10-12)20-5)7-6-8-18(11)15(19)21-16(2,3)4/h11-14,17H,6-10H2,1-5H3. The van der Waals surface area contributed by atoms with E-state index in [1.165, 1.54) is 0 Å². The second kappa shape index (κ2) is 6.53. The van der Waals surface area contributed by atoms with Crippen LogP contribution in [0, 0.1) is 0 Å². The second-order valence-corrected chi connectivity index (χ2v) is 7.36. The molecule has 5 heteroatoms. The van der Waals surface area contributed by atoms with Crippen LogP contribution in [-0.2, 0) is 9.47 Å². The number of nitrogens with one attached hydrogen (secondary N) is 1. The molecule has 21 heavy (non-hydrogen) atoms. The largest absolute Gasteiger partial charge is 0.444 e. The maximum absolute atomic E-state index is 12.3. The van der Waals surface area contributed by atoms with Crippen molar-refractivity contribution >= 4 is 6.09 Å².